The van der Waals surface area contributed by atoms with Gasteiger partial charge in [-0.05, 0) is 68.6 Å². The molecule has 3 heterocycles. The Balaban J connectivity index is 1.27. The molecular formula is C32H38F3N7O. The summed E-state index contributed by atoms with van der Waals surface area (Å²) < 4.78 is 43.2. The molecule has 228 valence electrons. The van der Waals surface area contributed by atoms with E-state index in [1.54, 1.807) is 18.5 Å². The zero-order chi connectivity index (χ0) is 30.1. The Morgan fingerprint density at radius 2 is 1.70 bits per heavy atom. The molecule has 0 unspecified atom stereocenters. The normalized spacial score (nSPS) is 20.0. The van der Waals surface area contributed by atoms with Crippen LogP contribution in [0, 0.1) is 17.6 Å². The van der Waals surface area contributed by atoms with Gasteiger partial charge in [0.15, 0.2) is 0 Å². The van der Waals surface area contributed by atoms with E-state index in [0.717, 1.165) is 50.8 Å². The van der Waals surface area contributed by atoms with Gasteiger partial charge in [0, 0.05) is 87.5 Å². The van der Waals surface area contributed by atoms with Crippen LogP contribution in [-0.4, -0.2) is 91.1 Å². The Bertz CT molecular complexity index is 1460. The molecule has 2 saturated heterocycles. The number of amides is 1. The molecule has 0 radical (unpaired) electrons. The third-order valence-corrected chi connectivity index (χ3v) is 8.91. The second kappa shape index (κ2) is 12.5. The van der Waals surface area contributed by atoms with Crippen LogP contribution in [0.25, 0.3) is 11.1 Å². The minimum Gasteiger partial charge on any atom is -0.367 e. The van der Waals surface area contributed by atoms with Gasteiger partial charge in [-0.15, -0.1) is 0 Å². The van der Waals surface area contributed by atoms with Gasteiger partial charge in [-0.2, -0.15) is 0 Å². The second-order valence-corrected chi connectivity index (χ2v) is 12.0. The van der Waals surface area contributed by atoms with Crippen molar-refractivity contribution in [1.29, 1.82) is 0 Å². The number of hydrogen-bond acceptors (Lipinski definition) is 7. The molecule has 6 rings (SSSR count). The van der Waals surface area contributed by atoms with Crippen molar-refractivity contribution in [3.05, 3.63) is 65.5 Å². The van der Waals surface area contributed by atoms with Crippen molar-refractivity contribution in [2.24, 2.45) is 5.92 Å². The summed E-state index contributed by atoms with van der Waals surface area (Å²) in [7, 11) is 2.04. The number of anilines is 3. The van der Waals surface area contributed by atoms with Gasteiger partial charge in [-0.3, -0.25) is 9.69 Å². The summed E-state index contributed by atoms with van der Waals surface area (Å²) >= 11 is 0. The fraction of sp³-hybridized carbons (Fsp3) is 0.469. The molecule has 11 heteroatoms. The van der Waals surface area contributed by atoms with Crippen LogP contribution in [-0.2, 0) is 6.67 Å². The SMILES string of the molecule is C[C@@H]1CN(c2cc(F)c(-c3cnc(N4CCN(CC5CC5)CC4)nc3)cc2NC(=O)c2ccc(F)cc2CF)CCN1C. The first kappa shape index (κ1) is 29.4. The number of halogens is 3. The van der Waals surface area contributed by atoms with E-state index >= 15 is 4.39 Å². The molecule has 1 N–H and O–H groups in total. The van der Waals surface area contributed by atoms with Gasteiger partial charge in [-0.1, -0.05) is 0 Å². The van der Waals surface area contributed by atoms with Crippen molar-refractivity contribution < 1.29 is 18.0 Å². The highest BCUT2D eigenvalue weighted by Crippen LogP contribution is 2.36. The highest BCUT2D eigenvalue weighted by molar-refractivity contribution is 6.07. The van der Waals surface area contributed by atoms with Crippen molar-refractivity contribution in [3.8, 4) is 11.1 Å². The van der Waals surface area contributed by atoms with E-state index in [1.807, 2.05) is 11.9 Å². The maximum Gasteiger partial charge on any atom is 0.256 e. The Kier molecular flexibility index (Phi) is 8.54. The Labute approximate surface area is 250 Å². The number of alkyl halides is 1. The van der Waals surface area contributed by atoms with Gasteiger partial charge >= 0.3 is 0 Å². The average Bonchev–Trinajstić information content (AvgIpc) is 3.83. The van der Waals surface area contributed by atoms with E-state index in [9.17, 15) is 13.6 Å². The average molecular weight is 594 g/mol. The molecule has 0 bridgehead atoms. The molecule has 2 aromatic carbocycles. The van der Waals surface area contributed by atoms with E-state index in [2.05, 4.69) is 36.9 Å². The minimum absolute atomic E-state index is 0.0254. The van der Waals surface area contributed by atoms with Gasteiger partial charge < -0.3 is 20.0 Å². The van der Waals surface area contributed by atoms with Crippen LogP contribution in [0.15, 0.2) is 42.7 Å². The smallest absolute Gasteiger partial charge is 0.256 e. The summed E-state index contributed by atoms with van der Waals surface area (Å²) in [5.41, 5.74) is 1.60. The number of carbonyl (C=O) groups excluding carboxylic acids is 1. The summed E-state index contributed by atoms with van der Waals surface area (Å²) in [5.74, 6) is -0.207. The molecule has 1 aliphatic carbocycles. The van der Waals surface area contributed by atoms with Gasteiger partial charge in [0.05, 0.1) is 11.4 Å². The van der Waals surface area contributed by atoms with Crippen LogP contribution < -0.4 is 15.1 Å². The first-order chi connectivity index (χ1) is 20.8. The molecule has 43 heavy (non-hydrogen) atoms. The number of aromatic nitrogens is 2. The summed E-state index contributed by atoms with van der Waals surface area (Å²) in [6.07, 6.45) is 5.91. The van der Waals surface area contributed by atoms with Gasteiger partial charge in [0.25, 0.3) is 5.91 Å². The Morgan fingerprint density at radius 3 is 2.37 bits per heavy atom. The number of nitrogens with one attached hydrogen (secondary N) is 1. The predicted molar refractivity (Wildman–Crippen MR) is 162 cm³/mol. The van der Waals surface area contributed by atoms with Crippen molar-refractivity contribution in [2.75, 3.05) is 74.5 Å². The Morgan fingerprint density at radius 1 is 0.977 bits per heavy atom. The lowest BCUT2D eigenvalue weighted by molar-refractivity contribution is 0.102. The van der Waals surface area contributed by atoms with E-state index in [0.29, 0.717) is 36.0 Å². The maximum atomic E-state index is 15.8. The lowest BCUT2D eigenvalue weighted by atomic mass is 10.0. The van der Waals surface area contributed by atoms with E-state index in [-0.39, 0.29) is 22.7 Å². The molecule has 0 spiro atoms. The summed E-state index contributed by atoms with van der Waals surface area (Å²) in [4.78, 5) is 31.4. The molecule has 1 saturated carbocycles. The third kappa shape index (κ3) is 6.62. The van der Waals surface area contributed by atoms with Crippen LogP contribution in [0.4, 0.5) is 30.5 Å². The number of rotatable bonds is 8. The van der Waals surface area contributed by atoms with Crippen molar-refractivity contribution >= 4 is 23.2 Å². The molecule has 1 atom stereocenters. The first-order valence-electron chi connectivity index (χ1n) is 15.0. The fourth-order valence-corrected chi connectivity index (χ4v) is 5.92. The molecule has 2 aliphatic heterocycles. The lowest BCUT2D eigenvalue weighted by Crippen LogP contribution is -2.50. The van der Waals surface area contributed by atoms with Gasteiger partial charge in [0.1, 0.15) is 18.3 Å². The minimum atomic E-state index is -0.989. The number of piperazine rings is 2. The van der Waals surface area contributed by atoms with Crippen molar-refractivity contribution in [3.63, 3.8) is 0 Å². The first-order valence-corrected chi connectivity index (χ1v) is 15.0. The van der Waals surface area contributed by atoms with Crippen LogP contribution in [0.1, 0.15) is 35.7 Å². The van der Waals surface area contributed by atoms with Crippen LogP contribution >= 0.6 is 0 Å². The van der Waals surface area contributed by atoms with Crippen LogP contribution in [0.3, 0.4) is 0 Å². The summed E-state index contributed by atoms with van der Waals surface area (Å²) in [6, 6.07) is 6.63. The van der Waals surface area contributed by atoms with E-state index in [1.165, 1.54) is 31.5 Å². The van der Waals surface area contributed by atoms with Crippen LogP contribution in [0.5, 0.6) is 0 Å². The topological polar surface area (TPSA) is 67.8 Å². The molecule has 8 nitrogen and oxygen atoms in total. The number of carbonyl (C=O) groups is 1. The summed E-state index contributed by atoms with van der Waals surface area (Å²) in [5, 5.41) is 2.86. The fourth-order valence-electron chi connectivity index (χ4n) is 5.92. The molecule has 3 aliphatic rings. The molecule has 3 fully saturated rings. The predicted octanol–water partition coefficient (Wildman–Crippen LogP) is 4.82. The highest BCUT2D eigenvalue weighted by Gasteiger charge is 2.28. The van der Waals surface area contributed by atoms with Crippen LogP contribution in [0.2, 0.25) is 0 Å². The standard InChI is InChI=1S/C32H38F3N7O/c1-21-19-42(10-7-39(21)2)30-15-28(35)27(14-29(30)38-31(43)26-6-5-25(34)13-23(26)16-33)24-17-36-32(37-18-24)41-11-8-40(9-12-41)20-22-3-4-22/h5-6,13-15,17-18,21-22H,3-4,7-12,16,19-20H2,1-2H3,(H,38,43)/t21-/m1/s1. The number of hydrogen-bond donors (Lipinski definition) is 1. The van der Waals surface area contributed by atoms with Crippen molar-refractivity contribution in [2.45, 2.75) is 32.5 Å². The largest absolute Gasteiger partial charge is 0.367 e. The van der Waals surface area contributed by atoms with Gasteiger partial charge in [0.2, 0.25) is 5.95 Å². The van der Waals surface area contributed by atoms with Gasteiger partial charge in [-0.25, -0.2) is 23.1 Å². The number of benzene rings is 2. The third-order valence-electron chi connectivity index (χ3n) is 8.91. The maximum absolute atomic E-state index is 15.8. The molecule has 1 amide bonds. The zero-order valence-corrected chi connectivity index (χ0v) is 24.7. The second-order valence-electron chi connectivity index (χ2n) is 12.0. The molecule has 1 aromatic heterocycles. The van der Waals surface area contributed by atoms with E-state index in [4.69, 9.17) is 0 Å². The summed E-state index contributed by atoms with van der Waals surface area (Å²) in [6.45, 7) is 7.96. The monoisotopic (exact) mass is 593 g/mol. The Hall–Kier alpha value is -3.70. The number of nitrogens with zero attached hydrogens (tertiary/aromatic N) is 6. The molecular weight excluding hydrogens is 555 g/mol. The number of likely N-dealkylation sites (N-methyl/N-ethyl adjacent to an activating group) is 1. The highest BCUT2D eigenvalue weighted by atomic mass is 19.1. The van der Waals surface area contributed by atoms with E-state index < -0.39 is 24.2 Å². The van der Waals surface area contributed by atoms with Crippen molar-refractivity contribution in [1.82, 2.24) is 19.8 Å². The molecule has 3 aromatic rings. The lowest BCUT2D eigenvalue weighted by Gasteiger charge is -2.39. The zero-order valence-electron chi connectivity index (χ0n) is 24.7. The quantitative estimate of drug-likeness (QED) is 0.402.